The van der Waals surface area contributed by atoms with Crippen LogP contribution in [0.25, 0.3) is 0 Å². The summed E-state index contributed by atoms with van der Waals surface area (Å²) in [5.41, 5.74) is 3.44. The summed E-state index contributed by atoms with van der Waals surface area (Å²) >= 11 is 0. The van der Waals surface area contributed by atoms with E-state index >= 15 is 0 Å². The van der Waals surface area contributed by atoms with Crippen molar-refractivity contribution < 1.29 is 14.3 Å². The van der Waals surface area contributed by atoms with Crippen molar-refractivity contribution in [3.8, 4) is 0 Å². The minimum absolute atomic E-state index is 0.106. The zero-order valence-electron chi connectivity index (χ0n) is 13.5. The van der Waals surface area contributed by atoms with Crippen LogP contribution in [0.3, 0.4) is 0 Å². The first kappa shape index (κ1) is 16.2. The molecule has 0 saturated heterocycles. The third-order valence-electron chi connectivity index (χ3n) is 4.04. The van der Waals surface area contributed by atoms with Crippen molar-refractivity contribution in [2.75, 3.05) is 11.9 Å². The number of carbonyl (C=O) groups is 2. The molecule has 1 heterocycles. The molecule has 0 bridgehead atoms. The van der Waals surface area contributed by atoms with Crippen LogP contribution in [0.15, 0.2) is 48.5 Å². The van der Waals surface area contributed by atoms with Gasteiger partial charge in [-0.3, -0.25) is 4.79 Å². The number of fused-ring (bicyclic) bond motifs is 1. The molecule has 1 atom stereocenters. The molecule has 2 aromatic carbocycles. The lowest BCUT2D eigenvalue weighted by atomic mass is 9.95. The number of hydrogen-bond donors (Lipinski definition) is 2. The second-order valence-electron chi connectivity index (χ2n) is 5.70. The monoisotopic (exact) mass is 324 g/mol. The highest BCUT2D eigenvalue weighted by Crippen LogP contribution is 2.18. The van der Waals surface area contributed by atoms with E-state index in [1.165, 1.54) is 11.1 Å². The first-order valence-electron chi connectivity index (χ1n) is 8.05. The van der Waals surface area contributed by atoms with Gasteiger partial charge in [-0.25, -0.2) is 4.79 Å². The molecule has 3 rings (SSSR count). The number of nitrogens with one attached hydrogen (secondary N) is 2. The summed E-state index contributed by atoms with van der Waals surface area (Å²) in [6.07, 6.45) is 0.652. The number of amides is 1. The average molecular weight is 324 g/mol. The zero-order chi connectivity index (χ0) is 16.9. The van der Waals surface area contributed by atoms with Gasteiger partial charge in [0.25, 0.3) is 0 Å². The Balaban J connectivity index is 1.67. The smallest absolute Gasteiger partial charge is 0.338 e. The Morgan fingerprint density at radius 3 is 2.75 bits per heavy atom. The van der Waals surface area contributed by atoms with Crippen LogP contribution < -0.4 is 10.6 Å². The number of carbonyl (C=O) groups excluding carboxylic acids is 2. The van der Waals surface area contributed by atoms with Crippen molar-refractivity contribution in [3.05, 3.63) is 65.2 Å². The summed E-state index contributed by atoms with van der Waals surface area (Å²) in [6.45, 7) is 2.76. The first-order chi connectivity index (χ1) is 11.7. The lowest BCUT2D eigenvalue weighted by molar-refractivity contribution is -0.118. The number of anilines is 1. The molecule has 124 valence electrons. The summed E-state index contributed by atoms with van der Waals surface area (Å²) in [6, 6.07) is 14.6. The third kappa shape index (κ3) is 3.63. The topological polar surface area (TPSA) is 67.4 Å². The van der Waals surface area contributed by atoms with Crippen molar-refractivity contribution in [3.63, 3.8) is 0 Å². The molecule has 0 radical (unpaired) electrons. The maximum atomic E-state index is 12.5. The van der Waals surface area contributed by atoms with E-state index < -0.39 is 5.97 Å². The van der Waals surface area contributed by atoms with E-state index in [9.17, 15) is 9.59 Å². The van der Waals surface area contributed by atoms with Crippen LogP contribution in [0.2, 0.25) is 0 Å². The van der Waals surface area contributed by atoms with Gasteiger partial charge < -0.3 is 15.4 Å². The van der Waals surface area contributed by atoms with E-state index in [0.29, 0.717) is 30.8 Å². The predicted molar refractivity (Wildman–Crippen MR) is 91.8 cm³/mol. The molecule has 1 unspecified atom stereocenters. The predicted octanol–water partition coefficient (Wildman–Crippen LogP) is 2.52. The quantitative estimate of drug-likeness (QED) is 0.848. The summed E-state index contributed by atoms with van der Waals surface area (Å²) in [7, 11) is 0. The van der Waals surface area contributed by atoms with Crippen LogP contribution in [0.4, 0.5) is 5.69 Å². The van der Waals surface area contributed by atoms with Crippen LogP contribution in [0.1, 0.15) is 28.4 Å². The van der Waals surface area contributed by atoms with E-state index in [2.05, 4.69) is 22.8 Å². The normalized spacial score (nSPS) is 16.1. The number of ether oxygens (including phenoxy) is 1. The molecule has 2 aromatic rings. The highest BCUT2D eigenvalue weighted by Gasteiger charge is 2.24. The van der Waals surface area contributed by atoms with Crippen LogP contribution >= 0.6 is 0 Å². The molecule has 5 nitrogen and oxygen atoms in total. The number of hydrogen-bond acceptors (Lipinski definition) is 4. The maximum Gasteiger partial charge on any atom is 0.338 e. The standard InChI is InChI=1S/C19H20N2O3/c1-2-24-19(23)14-8-5-9-16(10-14)21-18(22)17-11-13-6-3-4-7-15(13)12-20-17/h3-10,17,20H,2,11-12H2,1H3,(H,21,22). The van der Waals surface area contributed by atoms with E-state index in [-0.39, 0.29) is 11.9 Å². The number of esters is 1. The molecule has 5 heteroatoms. The summed E-state index contributed by atoms with van der Waals surface area (Å²) in [5.74, 6) is -0.496. The van der Waals surface area contributed by atoms with Gasteiger partial charge in [-0.1, -0.05) is 30.3 Å². The van der Waals surface area contributed by atoms with E-state index in [0.717, 1.165) is 0 Å². The van der Waals surface area contributed by atoms with Gasteiger partial charge in [-0.2, -0.15) is 0 Å². The van der Waals surface area contributed by atoms with Crippen LogP contribution in [-0.4, -0.2) is 24.5 Å². The molecule has 0 aromatic heterocycles. The summed E-state index contributed by atoms with van der Waals surface area (Å²) in [4.78, 5) is 24.3. The van der Waals surface area contributed by atoms with Gasteiger partial charge in [0.1, 0.15) is 0 Å². The van der Waals surface area contributed by atoms with Crippen molar-refractivity contribution in [1.29, 1.82) is 0 Å². The van der Waals surface area contributed by atoms with Crippen molar-refractivity contribution >= 4 is 17.6 Å². The SMILES string of the molecule is CCOC(=O)c1cccc(NC(=O)C2Cc3ccccc3CN2)c1. The molecule has 0 saturated carbocycles. The fraction of sp³-hybridized carbons (Fsp3) is 0.263. The summed E-state index contributed by atoms with van der Waals surface area (Å²) in [5, 5.41) is 6.12. The molecule has 24 heavy (non-hydrogen) atoms. The fourth-order valence-corrected chi connectivity index (χ4v) is 2.81. The molecular weight excluding hydrogens is 304 g/mol. The molecule has 0 spiro atoms. The number of benzene rings is 2. The van der Waals surface area contributed by atoms with Gasteiger partial charge >= 0.3 is 5.97 Å². The van der Waals surface area contributed by atoms with Crippen LogP contribution in [0.5, 0.6) is 0 Å². The number of rotatable bonds is 4. The van der Waals surface area contributed by atoms with Gasteiger partial charge in [0.15, 0.2) is 0 Å². The lowest BCUT2D eigenvalue weighted by Crippen LogP contribution is -2.44. The Bertz CT molecular complexity index is 758. The van der Waals surface area contributed by atoms with Crippen LogP contribution in [0, 0.1) is 0 Å². The molecule has 1 amide bonds. The van der Waals surface area contributed by atoms with E-state index in [4.69, 9.17) is 4.74 Å². The first-order valence-corrected chi connectivity index (χ1v) is 8.05. The molecule has 0 fully saturated rings. The largest absolute Gasteiger partial charge is 0.462 e. The second-order valence-corrected chi connectivity index (χ2v) is 5.70. The molecule has 2 N–H and O–H groups in total. The Hall–Kier alpha value is -2.66. The van der Waals surface area contributed by atoms with Gasteiger partial charge in [0, 0.05) is 12.2 Å². The Kier molecular flexibility index (Phi) is 4.91. The highest BCUT2D eigenvalue weighted by molar-refractivity contribution is 5.97. The molecule has 0 aliphatic carbocycles. The van der Waals surface area contributed by atoms with Crippen LogP contribution in [-0.2, 0) is 22.5 Å². The van der Waals surface area contributed by atoms with Crippen molar-refractivity contribution in [1.82, 2.24) is 5.32 Å². The molecule has 1 aliphatic rings. The maximum absolute atomic E-state index is 12.5. The minimum Gasteiger partial charge on any atom is -0.462 e. The van der Waals surface area contributed by atoms with Gasteiger partial charge in [-0.15, -0.1) is 0 Å². The molecular formula is C19H20N2O3. The third-order valence-corrected chi connectivity index (χ3v) is 4.04. The highest BCUT2D eigenvalue weighted by atomic mass is 16.5. The van der Waals surface area contributed by atoms with Gasteiger partial charge in [-0.05, 0) is 42.7 Å². The zero-order valence-corrected chi connectivity index (χ0v) is 13.5. The van der Waals surface area contributed by atoms with Crippen molar-refractivity contribution in [2.45, 2.75) is 25.9 Å². The van der Waals surface area contributed by atoms with Gasteiger partial charge in [0.2, 0.25) is 5.91 Å². The van der Waals surface area contributed by atoms with Crippen molar-refractivity contribution in [2.24, 2.45) is 0 Å². The fourth-order valence-electron chi connectivity index (χ4n) is 2.81. The lowest BCUT2D eigenvalue weighted by Gasteiger charge is -2.25. The Morgan fingerprint density at radius 2 is 1.96 bits per heavy atom. The molecule has 1 aliphatic heterocycles. The van der Waals surface area contributed by atoms with E-state index in [1.807, 2.05) is 12.1 Å². The van der Waals surface area contributed by atoms with Gasteiger partial charge in [0.05, 0.1) is 18.2 Å². The Labute approximate surface area is 141 Å². The average Bonchev–Trinajstić information content (AvgIpc) is 2.61. The second kappa shape index (κ2) is 7.27. The minimum atomic E-state index is -0.390. The Morgan fingerprint density at radius 1 is 1.17 bits per heavy atom. The summed E-state index contributed by atoms with van der Waals surface area (Å²) < 4.78 is 4.98. The van der Waals surface area contributed by atoms with E-state index in [1.54, 1.807) is 31.2 Å².